The van der Waals surface area contributed by atoms with E-state index in [0.29, 0.717) is 0 Å². The van der Waals surface area contributed by atoms with Gasteiger partial charge in [-0.15, -0.1) is 0 Å². The van der Waals surface area contributed by atoms with Gasteiger partial charge in [0.2, 0.25) is 0 Å². The van der Waals surface area contributed by atoms with Crippen molar-refractivity contribution < 1.29 is 0 Å². The maximum Gasteiger partial charge on any atom is 0.189 e. The summed E-state index contributed by atoms with van der Waals surface area (Å²) in [6.45, 7) is 2.26. The Morgan fingerprint density at radius 2 is 1.48 bits per heavy atom. The van der Waals surface area contributed by atoms with Crippen LogP contribution in [-0.4, -0.2) is 4.57 Å². The van der Waals surface area contributed by atoms with Crippen LogP contribution in [0.5, 0.6) is 0 Å². The van der Waals surface area contributed by atoms with Crippen molar-refractivity contribution in [3.05, 3.63) is 58.4 Å². The Morgan fingerprint density at radius 1 is 0.852 bits per heavy atom. The van der Waals surface area contributed by atoms with Crippen LogP contribution in [0.25, 0.3) is 10.9 Å². The summed E-state index contributed by atoms with van der Waals surface area (Å²) in [7, 11) is 2.08. The Morgan fingerprint density at radius 3 is 2.22 bits per heavy atom. The van der Waals surface area contributed by atoms with Gasteiger partial charge in [0.05, 0.1) is 5.52 Å². The summed E-state index contributed by atoms with van der Waals surface area (Å²) in [5.41, 5.74) is 2.36. The van der Waals surface area contributed by atoms with Crippen molar-refractivity contribution in [2.75, 3.05) is 0 Å². The van der Waals surface area contributed by atoms with Crippen LogP contribution in [0.2, 0.25) is 0 Å². The molecule has 27 heavy (non-hydrogen) atoms. The molecule has 0 atom stereocenters. The van der Waals surface area contributed by atoms with Gasteiger partial charge in [0.15, 0.2) is 5.43 Å². The predicted molar refractivity (Wildman–Crippen MR) is 118 cm³/mol. The van der Waals surface area contributed by atoms with Crippen molar-refractivity contribution >= 4 is 10.9 Å². The molecule has 0 bridgehead atoms. The zero-order chi connectivity index (χ0) is 19.3. The lowest BCUT2D eigenvalue weighted by atomic mass is 10.1. The lowest BCUT2D eigenvalue weighted by Crippen LogP contribution is -2.11. The molecule has 0 aliphatic rings. The van der Waals surface area contributed by atoms with Crippen LogP contribution >= 0.6 is 0 Å². The Kier molecular flexibility index (Phi) is 9.97. The van der Waals surface area contributed by atoms with E-state index in [0.717, 1.165) is 23.0 Å². The summed E-state index contributed by atoms with van der Waals surface area (Å²) in [5, 5.41) is 0.822. The highest BCUT2D eigenvalue weighted by molar-refractivity contribution is 5.79. The van der Waals surface area contributed by atoms with E-state index < -0.39 is 0 Å². The highest BCUT2D eigenvalue weighted by Gasteiger charge is 2.05. The Hall–Kier alpha value is -1.83. The second-order valence-corrected chi connectivity index (χ2v) is 7.70. The summed E-state index contributed by atoms with van der Waals surface area (Å²) in [6, 6.07) is 9.73. The monoisotopic (exact) mass is 367 g/mol. The fraction of sp³-hybridized carbons (Fsp3) is 0.560. The lowest BCUT2D eigenvalue weighted by Gasteiger charge is -2.12. The summed E-state index contributed by atoms with van der Waals surface area (Å²) in [5.74, 6) is 0. The number of rotatable bonds is 13. The minimum Gasteiger partial charge on any atom is -0.347 e. The predicted octanol–water partition coefficient (Wildman–Crippen LogP) is 6.95. The first-order valence-corrected chi connectivity index (χ1v) is 11.0. The number of hydrogen-bond acceptors (Lipinski definition) is 1. The summed E-state index contributed by atoms with van der Waals surface area (Å²) in [4.78, 5) is 12.3. The Labute approximate surface area is 165 Å². The second-order valence-electron chi connectivity index (χ2n) is 7.70. The van der Waals surface area contributed by atoms with Gasteiger partial charge >= 0.3 is 0 Å². The molecule has 0 radical (unpaired) electrons. The number of unbranched alkanes of at least 4 members (excludes halogenated alkanes) is 9. The van der Waals surface area contributed by atoms with E-state index in [1.165, 1.54) is 70.6 Å². The van der Waals surface area contributed by atoms with Gasteiger partial charge in [-0.05, 0) is 50.7 Å². The molecule has 1 heterocycles. The number of allylic oxidation sites excluding steroid dienone is 2. The number of aromatic nitrogens is 1. The van der Waals surface area contributed by atoms with Gasteiger partial charge in [-0.1, -0.05) is 69.7 Å². The number of para-hydroxylation sites is 1. The van der Waals surface area contributed by atoms with Gasteiger partial charge in [0.1, 0.15) is 0 Å². The molecular formula is C25H37NO. The maximum absolute atomic E-state index is 12.3. The van der Waals surface area contributed by atoms with E-state index in [-0.39, 0.29) is 5.43 Å². The number of pyridine rings is 1. The number of nitrogens with zero attached hydrogens (tertiary/aromatic N) is 1. The summed E-state index contributed by atoms with van der Waals surface area (Å²) in [6.07, 6.45) is 20.0. The third-order valence-electron chi connectivity index (χ3n) is 5.45. The van der Waals surface area contributed by atoms with E-state index in [9.17, 15) is 4.79 Å². The molecule has 1 aromatic carbocycles. The summed E-state index contributed by atoms with van der Waals surface area (Å²) >= 11 is 0. The molecule has 0 amide bonds. The number of aryl methyl sites for hydroxylation is 2. The fourth-order valence-electron chi connectivity index (χ4n) is 3.72. The minimum absolute atomic E-state index is 0.154. The van der Waals surface area contributed by atoms with Gasteiger partial charge in [-0.25, -0.2) is 0 Å². The van der Waals surface area contributed by atoms with Crippen molar-refractivity contribution in [1.82, 2.24) is 4.57 Å². The van der Waals surface area contributed by atoms with E-state index in [4.69, 9.17) is 0 Å². The largest absolute Gasteiger partial charge is 0.347 e. The van der Waals surface area contributed by atoms with Crippen molar-refractivity contribution in [1.29, 1.82) is 0 Å². The molecule has 0 spiro atoms. The van der Waals surface area contributed by atoms with Crippen LogP contribution in [0.4, 0.5) is 0 Å². The molecule has 2 nitrogen and oxygen atoms in total. The third-order valence-corrected chi connectivity index (χ3v) is 5.45. The number of hydrogen-bond donors (Lipinski definition) is 0. The standard InChI is InChI=1S/C25H37NO/c1-3-4-5-6-7-8-9-10-11-12-13-14-15-18-22-21-25(27)23-19-16-17-20-24(23)26(22)2/h7-8,16-17,19-21H,3-6,9-15,18H2,1-2H3/b8-7-. The molecule has 0 aliphatic heterocycles. The molecule has 0 unspecified atom stereocenters. The third kappa shape index (κ3) is 7.36. The van der Waals surface area contributed by atoms with Crippen LogP contribution in [0, 0.1) is 0 Å². The van der Waals surface area contributed by atoms with E-state index in [1.807, 2.05) is 30.3 Å². The molecule has 0 aliphatic carbocycles. The van der Waals surface area contributed by atoms with E-state index in [2.05, 4.69) is 30.7 Å². The van der Waals surface area contributed by atoms with Gasteiger partial charge in [0.25, 0.3) is 0 Å². The summed E-state index contributed by atoms with van der Waals surface area (Å²) < 4.78 is 2.18. The molecule has 148 valence electrons. The topological polar surface area (TPSA) is 22.0 Å². The normalized spacial score (nSPS) is 11.6. The molecule has 0 saturated carbocycles. The van der Waals surface area contributed by atoms with Gasteiger partial charge in [-0.2, -0.15) is 0 Å². The van der Waals surface area contributed by atoms with Crippen LogP contribution in [0.3, 0.4) is 0 Å². The van der Waals surface area contributed by atoms with Crippen LogP contribution in [0.15, 0.2) is 47.3 Å². The lowest BCUT2D eigenvalue weighted by molar-refractivity contribution is 0.590. The molecule has 1 aromatic heterocycles. The molecule has 0 fully saturated rings. The first-order valence-electron chi connectivity index (χ1n) is 11.0. The maximum atomic E-state index is 12.3. The molecule has 2 heteroatoms. The van der Waals surface area contributed by atoms with Crippen LogP contribution < -0.4 is 5.43 Å². The Bertz CT molecular complexity index is 756. The molecule has 0 saturated heterocycles. The SMILES string of the molecule is CCCCC/C=C\CCCCCCCCc1cc(=O)c2ccccc2n1C. The number of benzene rings is 1. The smallest absolute Gasteiger partial charge is 0.189 e. The first-order chi connectivity index (χ1) is 13.2. The van der Waals surface area contributed by atoms with Crippen molar-refractivity contribution in [3.63, 3.8) is 0 Å². The highest BCUT2D eigenvalue weighted by Crippen LogP contribution is 2.14. The van der Waals surface area contributed by atoms with Crippen LogP contribution in [-0.2, 0) is 13.5 Å². The van der Waals surface area contributed by atoms with E-state index >= 15 is 0 Å². The average Bonchev–Trinajstić information content (AvgIpc) is 2.69. The highest BCUT2D eigenvalue weighted by atomic mass is 16.1. The molecule has 2 aromatic rings. The zero-order valence-corrected chi connectivity index (χ0v) is 17.4. The number of fused-ring (bicyclic) bond motifs is 1. The Balaban J connectivity index is 1.59. The van der Waals surface area contributed by atoms with Crippen molar-refractivity contribution in [2.24, 2.45) is 7.05 Å². The first kappa shape index (κ1) is 21.5. The second kappa shape index (κ2) is 12.5. The van der Waals surface area contributed by atoms with E-state index in [1.54, 1.807) is 0 Å². The van der Waals surface area contributed by atoms with Crippen molar-refractivity contribution in [3.8, 4) is 0 Å². The fourth-order valence-corrected chi connectivity index (χ4v) is 3.72. The average molecular weight is 368 g/mol. The van der Waals surface area contributed by atoms with Gasteiger partial charge < -0.3 is 4.57 Å². The van der Waals surface area contributed by atoms with Crippen molar-refractivity contribution in [2.45, 2.75) is 84.0 Å². The van der Waals surface area contributed by atoms with Crippen LogP contribution in [0.1, 0.15) is 83.2 Å². The van der Waals surface area contributed by atoms with Gasteiger partial charge in [0, 0.05) is 24.2 Å². The quantitative estimate of drug-likeness (QED) is 0.277. The zero-order valence-electron chi connectivity index (χ0n) is 17.4. The molecule has 2 rings (SSSR count). The minimum atomic E-state index is 0.154. The van der Waals surface area contributed by atoms with Gasteiger partial charge in [-0.3, -0.25) is 4.79 Å². The molecular weight excluding hydrogens is 330 g/mol. The molecule has 0 N–H and O–H groups in total.